The molecule has 1 nitrogen and oxygen atoms in total. The molecule has 0 spiro atoms. The minimum Gasteiger partial charge on any atom is -0.244 e. The molecule has 0 saturated heterocycles. The molecule has 0 atom stereocenters. The smallest absolute Gasteiger partial charge is 0.129 e. The molecular formula is C18H22ClN. The van der Waals surface area contributed by atoms with Crippen LogP contribution >= 0.6 is 11.6 Å². The Kier molecular flexibility index (Phi) is 6.07. The Hall–Kier alpha value is -1.34. The second-order valence-electron chi connectivity index (χ2n) is 5.26. The van der Waals surface area contributed by atoms with Gasteiger partial charge in [0.05, 0.1) is 0 Å². The average molecular weight is 288 g/mol. The zero-order valence-electron chi connectivity index (χ0n) is 12.1. The number of aryl methyl sites for hydroxylation is 3. The number of rotatable bonds is 7. The van der Waals surface area contributed by atoms with E-state index in [9.17, 15) is 0 Å². The Morgan fingerprint density at radius 1 is 0.800 bits per heavy atom. The third-order valence-electron chi connectivity index (χ3n) is 3.58. The van der Waals surface area contributed by atoms with Crippen LogP contribution in [0.15, 0.2) is 42.6 Å². The molecule has 1 heterocycles. The van der Waals surface area contributed by atoms with Crippen LogP contribution in [0.3, 0.4) is 0 Å². The van der Waals surface area contributed by atoms with Crippen molar-refractivity contribution >= 4 is 11.6 Å². The number of unbranched alkanes of at least 4 members (excludes halogenated alkanes) is 2. The highest BCUT2D eigenvalue weighted by atomic mass is 35.5. The van der Waals surface area contributed by atoms with E-state index in [4.69, 9.17) is 11.6 Å². The van der Waals surface area contributed by atoms with Gasteiger partial charge in [0.25, 0.3) is 0 Å². The molecule has 0 radical (unpaired) electrons. The first-order valence-electron chi connectivity index (χ1n) is 7.46. The van der Waals surface area contributed by atoms with Crippen molar-refractivity contribution in [3.05, 3.63) is 64.4 Å². The summed E-state index contributed by atoms with van der Waals surface area (Å²) in [6.07, 6.45) is 9.04. The van der Waals surface area contributed by atoms with Crippen molar-refractivity contribution in [1.82, 2.24) is 4.98 Å². The molecule has 0 aliphatic carbocycles. The predicted molar refractivity (Wildman–Crippen MR) is 86.3 cm³/mol. The van der Waals surface area contributed by atoms with E-state index in [2.05, 4.69) is 42.2 Å². The first-order chi connectivity index (χ1) is 9.78. The number of pyridine rings is 1. The van der Waals surface area contributed by atoms with E-state index >= 15 is 0 Å². The van der Waals surface area contributed by atoms with Crippen LogP contribution in [-0.4, -0.2) is 4.98 Å². The van der Waals surface area contributed by atoms with Crippen LogP contribution in [0.5, 0.6) is 0 Å². The molecule has 0 amide bonds. The zero-order chi connectivity index (χ0) is 14.2. The summed E-state index contributed by atoms with van der Waals surface area (Å²) >= 11 is 5.79. The van der Waals surface area contributed by atoms with Gasteiger partial charge in [-0.15, -0.1) is 0 Å². The lowest BCUT2D eigenvalue weighted by atomic mass is 10.0. The molecule has 20 heavy (non-hydrogen) atoms. The van der Waals surface area contributed by atoms with Gasteiger partial charge < -0.3 is 0 Å². The van der Waals surface area contributed by atoms with E-state index in [-0.39, 0.29) is 0 Å². The summed E-state index contributed by atoms with van der Waals surface area (Å²) in [5, 5.41) is 0.560. The average Bonchev–Trinajstić information content (AvgIpc) is 2.48. The summed E-state index contributed by atoms with van der Waals surface area (Å²) in [6, 6.07) is 13.0. The van der Waals surface area contributed by atoms with Crippen molar-refractivity contribution in [2.24, 2.45) is 0 Å². The topological polar surface area (TPSA) is 12.9 Å². The molecule has 0 aliphatic rings. The first-order valence-corrected chi connectivity index (χ1v) is 7.84. The van der Waals surface area contributed by atoms with Crippen LogP contribution < -0.4 is 0 Å². The monoisotopic (exact) mass is 287 g/mol. The normalized spacial score (nSPS) is 10.7. The Labute approximate surface area is 127 Å². The van der Waals surface area contributed by atoms with Crippen molar-refractivity contribution in [1.29, 1.82) is 0 Å². The summed E-state index contributed by atoms with van der Waals surface area (Å²) < 4.78 is 0. The van der Waals surface area contributed by atoms with E-state index in [1.165, 1.54) is 42.4 Å². The molecule has 2 heteroatoms. The van der Waals surface area contributed by atoms with Gasteiger partial charge in [-0.25, -0.2) is 4.98 Å². The Morgan fingerprint density at radius 2 is 1.40 bits per heavy atom. The van der Waals surface area contributed by atoms with Gasteiger partial charge in [0.15, 0.2) is 0 Å². The molecule has 1 aromatic carbocycles. The van der Waals surface area contributed by atoms with Gasteiger partial charge >= 0.3 is 0 Å². The summed E-state index contributed by atoms with van der Waals surface area (Å²) in [7, 11) is 0. The highest BCUT2D eigenvalue weighted by Gasteiger charge is 1.98. The van der Waals surface area contributed by atoms with E-state index in [0.29, 0.717) is 5.15 Å². The van der Waals surface area contributed by atoms with Gasteiger partial charge in [-0.3, -0.25) is 0 Å². The fourth-order valence-corrected chi connectivity index (χ4v) is 2.41. The summed E-state index contributed by atoms with van der Waals surface area (Å²) in [4.78, 5) is 4.11. The highest BCUT2D eigenvalue weighted by Crippen LogP contribution is 2.12. The molecule has 0 saturated carbocycles. The quantitative estimate of drug-likeness (QED) is 0.500. The van der Waals surface area contributed by atoms with Crippen molar-refractivity contribution in [2.45, 2.75) is 45.4 Å². The third kappa shape index (κ3) is 4.97. The molecule has 0 bridgehead atoms. The fourth-order valence-electron chi connectivity index (χ4n) is 2.29. The molecule has 0 fully saturated rings. The van der Waals surface area contributed by atoms with Crippen molar-refractivity contribution < 1.29 is 0 Å². The van der Waals surface area contributed by atoms with Gasteiger partial charge in [0.1, 0.15) is 5.15 Å². The second kappa shape index (κ2) is 8.06. The summed E-state index contributed by atoms with van der Waals surface area (Å²) in [6.45, 7) is 2.24. The Balaban J connectivity index is 1.82. The van der Waals surface area contributed by atoms with Gasteiger partial charge in [-0.05, 0) is 48.4 Å². The maximum absolute atomic E-state index is 5.79. The molecule has 1 aromatic heterocycles. The molecule has 0 unspecified atom stereocenters. The number of hydrogen-bond acceptors (Lipinski definition) is 1. The minimum absolute atomic E-state index is 0.560. The second-order valence-corrected chi connectivity index (χ2v) is 5.65. The van der Waals surface area contributed by atoms with Crippen molar-refractivity contribution in [3.63, 3.8) is 0 Å². The van der Waals surface area contributed by atoms with Crippen molar-refractivity contribution in [2.75, 3.05) is 0 Å². The lowest BCUT2D eigenvalue weighted by Gasteiger charge is -2.05. The third-order valence-corrected chi connectivity index (χ3v) is 3.81. The van der Waals surface area contributed by atoms with E-state index in [1.54, 1.807) is 0 Å². The van der Waals surface area contributed by atoms with Gasteiger partial charge in [-0.1, -0.05) is 61.7 Å². The lowest BCUT2D eigenvalue weighted by Crippen LogP contribution is -1.93. The van der Waals surface area contributed by atoms with E-state index in [0.717, 1.165) is 12.8 Å². The molecule has 2 aromatic rings. The summed E-state index contributed by atoms with van der Waals surface area (Å²) in [5.41, 5.74) is 4.08. The molecule has 0 aliphatic heterocycles. The number of nitrogens with zero attached hydrogens (tertiary/aromatic N) is 1. The molecular weight excluding hydrogens is 266 g/mol. The largest absolute Gasteiger partial charge is 0.244 e. The Bertz CT molecular complexity index is 502. The van der Waals surface area contributed by atoms with Gasteiger partial charge in [0, 0.05) is 6.20 Å². The maximum Gasteiger partial charge on any atom is 0.129 e. The highest BCUT2D eigenvalue weighted by molar-refractivity contribution is 6.29. The van der Waals surface area contributed by atoms with Crippen LogP contribution in [0.4, 0.5) is 0 Å². The number of hydrogen-bond donors (Lipinski definition) is 0. The lowest BCUT2D eigenvalue weighted by molar-refractivity contribution is 0.717. The molecule has 106 valence electrons. The van der Waals surface area contributed by atoms with Gasteiger partial charge in [-0.2, -0.15) is 0 Å². The Morgan fingerprint density at radius 3 is 2.00 bits per heavy atom. The van der Waals surface area contributed by atoms with Crippen LogP contribution in [0, 0.1) is 0 Å². The predicted octanol–water partition coefficient (Wildman–Crippen LogP) is 5.25. The summed E-state index contributed by atoms with van der Waals surface area (Å²) in [5.74, 6) is 0. The number of aromatic nitrogens is 1. The molecule has 2 rings (SSSR count). The standard InChI is InChI=1S/C18H22ClN/c1-2-3-4-5-15-6-8-16(9-7-15)10-11-17-12-13-18(19)20-14-17/h6-9,12-14H,2-5,10-11H2,1H3. The SMILES string of the molecule is CCCCCc1ccc(CCc2ccc(Cl)nc2)cc1. The van der Waals surface area contributed by atoms with Crippen molar-refractivity contribution in [3.8, 4) is 0 Å². The van der Waals surface area contributed by atoms with Crippen LogP contribution in [0.2, 0.25) is 5.15 Å². The number of benzene rings is 1. The first kappa shape index (κ1) is 15.1. The minimum atomic E-state index is 0.560. The van der Waals surface area contributed by atoms with E-state index in [1.807, 2.05) is 12.3 Å². The molecule has 0 N–H and O–H groups in total. The van der Waals surface area contributed by atoms with Gasteiger partial charge in [0.2, 0.25) is 0 Å². The zero-order valence-corrected chi connectivity index (χ0v) is 12.9. The van der Waals surface area contributed by atoms with E-state index < -0.39 is 0 Å². The number of halogens is 1. The fraction of sp³-hybridized carbons (Fsp3) is 0.389. The maximum atomic E-state index is 5.79. The van der Waals surface area contributed by atoms with Crippen LogP contribution in [0.1, 0.15) is 42.9 Å². The van der Waals surface area contributed by atoms with Crippen LogP contribution in [-0.2, 0) is 19.3 Å². The van der Waals surface area contributed by atoms with Crippen LogP contribution in [0.25, 0.3) is 0 Å².